The van der Waals surface area contributed by atoms with Crippen LogP contribution < -0.4 is 0 Å². The third kappa shape index (κ3) is 4.27. The average Bonchev–Trinajstić information content (AvgIpc) is 3.77. The number of aromatic nitrogens is 3. The van der Waals surface area contributed by atoms with Crippen LogP contribution in [0.25, 0.3) is 89.5 Å². The Kier molecular flexibility index (Phi) is 6.52. The van der Waals surface area contributed by atoms with Crippen LogP contribution in [-0.4, -0.2) is 15.0 Å². The first-order valence-electron chi connectivity index (χ1n) is 19.0. The minimum atomic E-state index is -0.647. The van der Waals surface area contributed by atoms with E-state index in [0.29, 0.717) is 17.5 Å². The SMILES string of the molecule is c1ccc(-c2nc(-c3ccccc3)nc(-c3ccc4c(c3)-c3ccccc3-c3ccccc3C43c4ccccc4-c4c3ccc3c4oc4ccccc43)n2)cc1. The largest absolute Gasteiger partial charge is 0.455 e. The minimum Gasteiger partial charge on any atom is -0.455 e. The molecule has 0 radical (unpaired) electrons. The summed E-state index contributed by atoms with van der Waals surface area (Å²) in [5.41, 5.74) is 16.0. The maximum atomic E-state index is 6.80. The lowest BCUT2D eigenvalue weighted by molar-refractivity contribution is 0.669. The Bertz CT molecular complexity index is 3140. The van der Waals surface area contributed by atoms with E-state index in [1.54, 1.807) is 0 Å². The Hall–Kier alpha value is -7.43. The lowest BCUT2D eigenvalue weighted by atomic mass is 9.65. The van der Waals surface area contributed by atoms with Crippen molar-refractivity contribution >= 4 is 21.9 Å². The van der Waals surface area contributed by atoms with Crippen LogP contribution in [0.3, 0.4) is 0 Å². The third-order valence-electron chi connectivity index (χ3n) is 11.8. The van der Waals surface area contributed by atoms with E-state index in [1.807, 2.05) is 42.5 Å². The van der Waals surface area contributed by atoms with Crippen molar-refractivity contribution < 1.29 is 4.42 Å². The molecule has 4 heteroatoms. The number of furan rings is 1. The van der Waals surface area contributed by atoms with Crippen molar-refractivity contribution in [1.29, 1.82) is 0 Å². The van der Waals surface area contributed by atoms with Gasteiger partial charge in [-0.1, -0.05) is 176 Å². The van der Waals surface area contributed by atoms with Crippen molar-refractivity contribution in [1.82, 2.24) is 15.0 Å². The maximum Gasteiger partial charge on any atom is 0.164 e. The van der Waals surface area contributed by atoms with Gasteiger partial charge in [0.1, 0.15) is 11.2 Å². The van der Waals surface area contributed by atoms with E-state index in [4.69, 9.17) is 19.4 Å². The average molecular weight is 714 g/mol. The number of hydrogen-bond acceptors (Lipinski definition) is 4. The molecule has 0 N–H and O–H groups in total. The van der Waals surface area contributed by atoms with Crippen LogP contribution in [0.5, 0.6) is 0 Å². The molecule has 0 aliphatic heterocycles. The van der Waals surface area contributed by atoms with Crippen molar-refractivity contribution in [3.05, 3.63) is 210 Å². The van der Waals surface area contributed by atoms with E-state index >= 15 is 0 Å². The first kappa shape index (κ1) is 31.0. The summed E-state index contributed by atoms with van der Waals surface area (Å²) in [5.74, 6) is 1.91. The van der Waals surface area contributed by atoms with E-state index in [2.05, 4.69) is 146 Å². The number of para-hydroxylation sites is 1. The van der Waals surface area contributed by atoms with Gasteiger partial charge in [0.15, 0.2) is 17.5 Å². The van der Waals surface area contributed by atoms with Gasteiger partial charge in [-0.25, -0.2) is 15.0 Å². The molecule has 56 heavy (non-hydrogen) atoms. The van der Waals surface area contributed by atoms with Crippen molar-refractivity contribution in [3.8, 4) is 67.5 Å². The molecule has 1 unspecified atom stereocenters. The molecule has 4 nitrogen and oxygen atoms in total. The molecule has 0 amide bonds. The molecule has 1 atom stereocenters. The van der Waals surface area contributed by atoms with Crippen LogP contribution >= 0.6 is 0 Å². The fraction of sp³-hybridized carbons (Fsp3) is 0.0192. The highest BCUT2D eigenvalue weighted by Crippen LogP contribution is 2.63. The molecule has 260 valence electrons. The van der Waals surface area contributed by atoms with E-state index in [9.17, 15) is 0 Å². The summed E-state index contributed by atoms with van der Waals surface area (Å²) >= 11 is 0. The zero-order valence-corrected chi connectivity index (χ0v) is 30.1. The summed E-state index contributed by atoms with van der Waals surface area (Å²) in [7, 11) is 0. The van der Waals surface area contributed by atoms with Crippen LogP contribution in [0.2, 0.25) is 0 Å². The standard InChI is InChI=1S/C52H31N3O/c1-3-15-32(16-4-1)49-53-50(33-17-5-2-6-18-33)55-51(54-49)34-27-29-44-41(31-34)36-20-8-7-19-35(36)37-21-9-12-24-42(37)52(44)43-25-13-10-23-40(43)47-45(52)30-28-39-38-22-11-14-26-46(38)56-48(39)47/h1-31H. The topological polar surface area (TPSA) is 51.8 Å². The quantitative estimate of drug-likeness (QED) is 0.183. The van der Waals surface area contributed by atoms with Crippen molar-refractivity contribution in [3.63, 3.8) is 0 Å². The predicted octanol–water partition coefficient (Wildman–Crippen LogP) is 12.8. The monoisotopic (exact) mass is 713 g/mol. The zero-order valence-electron chi connectivity index (χ0n) is 30.1. The normalized spacial score (nSPS) is 14.9. The van der Waals surface area contributed by atoms with Crippen LogP contribution in [0.15, 0.2) is 192 Å². The highest BCUT2D eigenvalue weighted by atomic mass is 16.3. The van der Waals surface area contributed by atoms with Gasteiger partial charge in [0, 0.05) is 33.0 Å². The number of benzene rings is 8. The van der Waals surface area contributed by atoms with Crippen LogP contribution in [0, 0.1) is 0 Å². The fourth-order valence-corrected chi connectivity index (χ4v) is 9.44. The molecule has 0 saturated heterocycles. The Balaban J connectivity index is 1.19. The highest BCUT2D eigenvalue weighted by molar-refractivity contribution is 6.13. The van der Waals surface area contributed by atoms with Crippen molar-refractivity contribution in [2.24, 2.45) is 0 Å². The Morgan fingerprint density at radius 3 is 1.54 bits per heavy atom. The van der Waals surface area contributed by atoms with Gasteiger partial charge >= 0.3 is 0 Å². The summed E-state index contributed by atoms with van der Waals surface area (Å²) in [6.45, 7) is 0. The van der Waals surface area contributed by atoms with Gasteiger partial charge in [0.05, 0.1) is 5.41 Å². The van der Waals surface area contributed by atoms with E-state index in [1.165, 1.54) is 44.5 Å². The molecule has 2 aliphatic rings. The van der Waals surface area contributed by atoms with Gasteiger partial charge in [-0.3, -0.25) is 0 Å². The molecule has 8 aromatic carbocycles. The smallest absolute Gasteiger partial charge is 0.164 e. The number of hydrogen-bond donors (Lipinski definition) is 0. The van der Waals surface area contributed by atoms with Crippen molar-refractivity contribution in [2.75, 3.05) is 0 Å². The van der Waals surface area contributed by atoms with E-state index in [0.717, 1.165) is 49.8 Å². The fourth-order valence-electron chi connectivity index (χ4n) is 9.44. The lowest BCUT2D eigenvalue weighted by Crippen LogP contribution is -2.29. The summed E-state index contributed by atoms with van der Waals surface area (Å²) in [4.78, 5) is 15.3. The van der Waals surface area contributed by atoms with Gasteiger partial charge in [0.25, 0.3) is 0 Å². The zero-order chi connectivity index (χ0) is 36.8. The van der Waals surface area contributed by atoms with E-state index < -0.39 is 5.41 Å². The Labute approximate surface area is 323 Å². The molecule has 12 rings (SSSR count). The van der Waals surface area contributed by atoms with Crippen LogP contribution in [0.1, 0.15) is 22.3 Å². The molecular formula is C52H31N3O. The van der Waals surface area contributed by atoms with Crippen LogP contribution in [0.4, 0.5) is 0 Å². The molecule has 0 saturated carbocycles. The third-order valence-corrected chi connectivity index (χ3v) is 11.8. The summed E-state index contributed by atoms with van der Waals surface area (Å²) in [5, 5.41) is 2.26. The molecule has 0 bridgehead atoms. The molecule has 0 fully saturated rings. The Morgan fingerprint density at radius 1 is 0.339 bits per heavy atom. The van der Waals surface area contributed by atoms with E-state index in [-0.39, 0.29) is 0 Å². The molecule has 2 aliphatic carbocycles. The second kappa shape index (κ2) is 11.8. The van der Waals surface area contributed by atoms with Crippen LogP contribution in [-0.2, 0) is 5.41 Å². The summed E-state index contributed by atoms with van der Waals surface area (Å²) in [6, 6.07) is 66.8. The summed E-state index contributed by atoms with van der Waals surface area (Å²) in [6.07, 6.45) is 0. The first-order chi connectivity index (χ1) is 27.8. The number of nitrogens with zero attached hydrogens (tertiary/aromatic N) is 3. The highest BCUT2D eigenvalue weighted by Gasteiger charge is 2.50. The maximum absolute atomic E-state index is 6.80. The van der Waals surface area contributed by atoms with Gasteiger partial charge < -0.3 is 4.42 Å². The molecule has 1 spiro atoms. The second-order valence-electron chi connectivity index (χ2n) is 14.6. The Morgan fingerprint density at radius 2 is 0.839 bits per heavy atom. The first-order valence-corrected chi connectivity index (χ1v) is 19.0. The minimum absolute atomic E-state index is 0.630. The molecule has 10 aromatic rings. The lowest BCUT2D eigenvalue weighted by Gasteiger charge is -2.35. The summed E-state index contributed by atoms with van der Waals surface area (Å²) < 4.78 is 6.80. The molecular weight excluding hydrogens is 683 g/mol. The second-order valence-corrected chi connectivity index (χ2v) is 14.6. The molecule has 2 heterocycles. The predicted molar refractivity (Wildman–Crippen MR) is 225 cm³/mol. The van der Waals surface area contributed by atoms with Gasteiger partial charge in [0.2, 0.25) is 0 Å². The van der Waals surface area contributed by atoms with Gasteiger partial charge in [-0.05, 0) is 62.2 Å². The van der Waals surface area contributed by atoms with Gasteiger partial charge in [-0.2, -0.15) is 0 Å². The number of rotatable bonds is 3. The molecule has 2 aromatic heterocycles. The van der Waals surface area contributed by atoms with Gasteiger partial charge in [-0.15, -0.1) is 0 Å². The number of fused-ring (bicyclic) bond motifs is 16. The van der Waals surface area contributed by atoms with Crippen molar-refractivity contribution in [2.45, 2.75) is 5.41 Å².